The first kappa shape index (κ1) is 9.99. The van der Waals surface area contributed by atoms with E-state index in [1.165, 1.54) is 17.5 Å². The van der Waals surface area contributed by atoms with Gasteiger partial charge in [0.2, 0.25) is 0 Å². The fourth-order valence-electron chi connectivity index (χ4n) is 2.05. The van der Waals surface area contributed by atoms with Gasteiger partial charge in [-0.25, -0.2) is 0 Å². The molecule has 0 amide bonds. The molecule has 76 valence electrons. The second kappa shape index (κ2) is 3.91. The fraction of sp³-hybridized carbons (Fsp3) is 0.455. The van der Waals surface area contributed by atoms with E-state index in [1.54, 1.807) is 7.11 Å². The van der Waals surface area contributed by atoms with E-state index in [2.05, 4.69) is 22.0 Å². The predicted molar refractivity (Wildman–Crippen MR) is 60.6 cm³/mol. The normalized spacial score (nSPS) is 20.4. The summed E-state index contributed by atoms with van der Waals surface area (Å²) in [5.74, 6) is 0.876. The minimum atomic E-state index is 0.156. The van der Waals surface area contributed by atoms with Crippen LogP contribution in [0.5, 0.6) is 5.75 Å². The molecule has 0 aromatic heterocycles. The van der Waals surface area contributed by atoms with E-state index >= 15 is 0 Å². The molecule has 1 aromatic carbocycles. The summed E-state index contributed by atoms with van der Waals surface area (Å²) in [6.45, 7) is 0. The molecule has 14 heavy (non-hydrogen) atoms. The first-order valence-corrected chi connectivity index (χ1v) is 5.64. The fourth-order valence-corrected chi connectivity index (χ4v) is 2.89. The minimum Gasteiger partial charge on any atom is -0.496 e. The second-order valence-corrected chi connectivity index (χ2v) is 4.45. The van der Waals surface area contributed by atoms with E-state index in [-0.39, 0.29) is 6.04 Å². The van der Waals surface area contributed by atoms with Crippen molar-refractivity contribution in [1.82, 2.24) is 0 Å². The molecular formula is C11H14BrNO. The molecule has 0 radical (unpaired) electrons. The number of hydrogen-bond acceptors (Lipinski definition) is 2. The van der Waals surface area contributed by atoms with Gasteiger partial charge in [-0.3, -0.25) is 0 Å². The summed E-state index contributed by atoms with van der Waals surface area (Å²) in [4.78, 5) is 0. The molecule has 0 saturated heterocycles. The van der Waals surface area contributed by atoms with E-state index < -0.39 is 0 Å². The van der Waals surface area contributed by atoms with Crippen LogP contribution in [-0.4, -0.2) is 7.11 Å². The van der Waals surface area contributed by atoms with Gasteiger partial charge < -0.3 is 10.5 Å². The number of rotatable bonds is 1. The maximum absolute atomic E-state index is 6.09. The molecule has 0 bridgehead atoms. The molecule has 1 atom stereocenters. The van der Waals surface area contributed by atoms with Crippen LogP contribution in [0.2, 0.25) is 0 Å². The Morgan fingerprint density at radius 3 is 3.00 bits per heavy atom. The van der Waals surface area contributed by atoms with Crippen molar-refractivity contribution in [3.63, 3.8) is 0 Å². The van der Waals surface area contributed by atoms with Crippen molar-refractivity contribution >= 4 is 15.9 Å². The smallest absolute Gasteiger partial charge is 0.133 e. The summed E-state index contributed by atoms with van der Waals surface area (Å²) in [5, 5.41) is 0. The molecule has 1 aliphatic carbocycles. The number of ether oxygens (including phenoxy) is 1. The highest BCUT2D eigenvalue weighted by molar-refractivity contribution is 9.10. The van der Waals surface area contributed by atoms with Gasteiger partial charge in [0.1, 0.15) is 5.75 Å². The van der Waals surface area contributed by atoms with Gasteiger partial charge in [-0.1, -0.05) is 6.07 Å². The van der Waals surface area contributed by atoms with Crippen LogP contribution in [0.1, 0.15) is 30.0 Å². The maximum atomic E-state index is 6.09. The molecule has 0 saturated carbocycles. The van der Waals surface area contributed by atoms with Crippen LogP contribution in [0.4, 0.5) is 0 Å². The first-order chi connectivity index (χ1) is 6.74. The molecule has 0 spiro atoms. The lowest BCUT2D eigenvalue weighted by molar-refractivity contribution is 0.409. The molecule has 0 heterocycles. The Bertz CT molecular complexity index is 351. The van der Waals surface area contributed by atoms with Crippen molar-refractivity contribution in [1.29, 1.82) is 0 Å². The van der Waals surface area contributed by atoms with Gasteiger partial charge in [0.25, 0.3) is 0 Å². The van der Waals surface area contributed by atoms with Gasteiger partial charge in [-0.05, 0) is 52.4 Å². The van der Waals surface area contributed by atoms with Gasteiger partial charge in [0, 0.05) is 6.04 Å². The number of hydrogen-bond donors (Lipinski definition) is 1. The topological polar surface area (TPSA) is 35.2 Å². The standard InChI is InChI=1S/C11H14BrNO/c1-14-9-6-5-7-3-2-4-8(13)10(7)11(9)12/h5-6,8H,2-4,13H2,1H3/t8-/m1/s1. The molecule has 0 aliphatic heterocycles. The average molecular weight is 256 g/mol. The van der Waals surface area contributed by atoms with E-state index in [0.29, 0.717) is 0 Å². The zero-order valence-electron chi connectivity index (χ0n) is 8.22. The molecule has 2 nitrogen and oxygen atoms in total. The van der Waals surface area contributed by atoms with Crippen molar-refractivity contribution < 1.29 is 4.74 Å². The van der Waals surface area contributed by atoms with Crippen LogP contribution in [0.25, 0.3) is 0 Å². The largest absolute Gasteiger partial charge is 0.496 e. The lowest BCUT2D eigenvalue weighted by Gasteiger charge is -2.24. The molecule has 0 fully saturated rings. The van der Waals surface area contributed by atoms with Crippen LogP contribution in [0.3, 0.4) is 0 Å². The Kier molecular flexibility index (Phi) is 2.79. The highest BCUT2D eigenvalue weighted by Gasteiger charge is 2.21. The van der Waals surface area contributed by atoms with Crippen LogP contribution < -0.4 is 10.5 Å². The molecule has 2 N–H and O–H groups in total. The zero-order valence-corrected chi connectivity index (χ0v) is 9.80. The van der Waals surface area contributed by atoms with Crippen LogP contribution in [-0.2, 0) is 6.42 Å². The molecular weight excluding hydrogens is 242 g/mol. The molecule has 3 heteroatoms. The van der Waals surface area contributed by atoms with Gasteiger partial charge in [0.05, 0.1) is 11.6 Å². The maximum Gasteiger partial charge on any atom is 0.133 e. The van der Waals surface area contributed by atoms with E-state index in [1.807, 2.05) is 6.07 Å². The summed E-state index contributed by atoms with van der Waals surface area (Å²) in [6, 6.07) is 4.28. The lowest BCUT2D eigenvalue weighted by Crippen LogP contribution is -2.18. The summed E-state index contributed by atoms with van der Waals surface area (Å²) < 4.78 is 6.29. The van der Waals surface area contributed by atoms with Gasteiger partial charge in [-0.2, -0.15) is 0 Å². The third kappa shape index (κ3) is 1.55. The SMILES string of the molecule is COc1ccc2c(c1Br)[C@H](N)CCC2. The number of aryl methyl sites for hydroxylation is 1. The van der Waals surface area contributed by atoms with E-state index in [4.69, 9.17) is 10.5 Å². The Morgan fingerprint density at radius 2 is 2.29 bits per heavy atom. The Hall–Kier alpha value is -0.540. The summed E-state index contributed by atoms with van der Waals surface area (Å²) in [7, 11) is 1.68. The number of nitrogens with two attached hydrogens (primary N) is 1. The van der Waals surface area contributed by atoms with Crippen molar-refractivity contribution in [3.8, 4) is 5.75 Å². The highest BCUT2D eigenvalue weighted by atomic mass is 79.9. The number of halogens is 1. The van der Waals surface area contributed by atoms with Crippen LogP contribution in [0, 0.1) is 0 Å². The van der Waals surface area contributed by atoms with E-state index in [0.717, 1.165) is 23.1 Å². The average Bonchev–Trinajstić information content (AvgIpc) is 2.18. The molecule has 0 unspecified atom stereocenters. The minimum absolute atomic E-state index is 0.156. The Balaban J connectivity index is 2.54. The van der Waals surface area contributed by atoms with Crippen molar-refractivity contribution in [2.75, 3.05) is 7.11 Å². The molecule has 1 aromatic rings. The quantitative estimate of drug-likeness (QED) is 0.838. The van der Waals surface area contributed by atoms with Gasteiger partial charge >= 0.3 is 0 Å². The second-order valence-electron chi connectivity index (χ2n) is 3.65. The summed E-state index contributed by atoms with van der Waals surface area (Å²) in [6.07, 6.45) is 3.39. The van der Waals surface area contributed by atoms with Crippen molar-refractivity contribution in [2.24, 2.45) is 5.73 Å². The number of fused-ring (bicyclic) bond motifs is 1. The predicted octanol–water partition coefficient (Wildman–Crippen LogP) is 2.79. The summed E-state index contributed by atoms with van der Waals surface area (Å²) in [5.41, 5.74) is 8.68. The monoisotopic (exact) mass is 255 g/mol. The molecule has 2 rings (SSSR count). The van der Waals surface area contributed by atoms with Crippen molar-refractivity contribution in [3.05, 3.63) is 27.7 Å². The number of benzene rings is 1. The Labute approximate surface area is 92.6 Å². The first-order valence-electron chi connectivity index (χ1n) is 4.85. The van der Waals surface area contributed by atoms with E-state index in [9.17, 15) is 0 Å². The van der Waals surface area contributed by atoms with Crippen LogP contribution in [0.15, 0.2) is 16.6 Å². The van der Waals surface area contributed by atoms with Gasteiger partial charge in [0.15, 0.2) is 0 Å². The third-order valence-electron chi connectivity index (χ3n) is 2.79. The van der Waals surface area contributed by atoms with Crippen molar-refractivity contribution in [2.45, 2.75) is 25.3 Å². The van der Waals surface area contributed by atoms with Gasteiger partial charge in [-0.15, -0.1) is 0 Å². The Morgan fingerprint density at radius 1 is 1.50 bits per heavy atom. The molecule has 1 aliphatic rings. The highest BCUT2D eigenvalue weighted by Crippen LogP contribution is 2.38. The lowest BCUT2D eigenvalue weighted by atomic mass is 9.88. The third-order valence-corrected chi connectivity index (χ3v) is 3.60. The van der Waals surface area contributed by atoms with Crippen LogP contribution >= 0.6 is 15.9 Å². The summed E-state index contributed by atoms with van der Waals surface area (Å²) >= 11 is 3.56. The zero-order chi connectivity index (χ0) is 10.1. The number of methoxy groups -OCH3 is 1.